The number of alkyl carbamates (subject to hydrolysis) is 2. The zero-order valence-corrected chi connectivity index (χ0v) is 67.0. The van der Waals surface area contributed by atoms with Crippen LogP contribution >= 0.6 is 23.2 Å². The van der Waals surface area contributed by atoms with Crippen LogP contribution in [0, 0.1) is 34.5 Å². The molecular formula is C74H102Cl2N10O19S2. The van der Waals surface area contributed by atoms with E-state index in [4.69, 9.17) is 56.8 Å². The molecule has 107 heavy (non-hydrogen) atoms. The number of hydrogen-bond acceptors (Lipinski definition) is 20. The molecule has 8 N–H and O–H groups in total. The van der Waals surface area contributed by atoms with Crippen LogP contribution < -0.4 is 50.1 Å². The molecule has 7 amide bonds. The number of nitrogens with one attached hydrogen (secondary N) is 5. The fraction of sp³-hybridized carbons (Fsp3) is 0.595. The molecule has 4 aliphatic carbocycles. The van der Waals surface area contributed by atoms with Gasteiger partial charge in [-0.3, -0.25) is 28.7 Å². The van der Waals surface area contributed by atoms with Crippen LogP contribution in [-0.2, 0) is 58.3 Å². The highest BCUT2D eigenvalue weighted by atomic mass is 35.5. The lowest BCUT2D eigenvalue weighted by Crippen LogP contribution is -2.61. The Hall–Kier alpha value is -8.26. The van der Waals surface area contributed by atoms with Crippen molar-refractivity contribution in [3.63, 3.8) is 0 Å². The van der Waals surface area contributed by atoms with E-state index in [2.05, 4.69) is 49.1 Å². The molecule has 4 aromatic rings. The van der Waals surface area contributed by atoms with Crippen molar-refractivity contribution in [2.75, 3.05) is 27.3 Å². The second-order valence-corrected chi connectivity index (χ2v) is 38.3. The van der Waals surface area contributed by atoms with Gasteiger partial charge in [0.05, 0.1) is 49.2 Å². The van der Waals surface area contributed by atoms with Crippen molar-refractivity contribution in [1.82, 2.24) is 45.8 Å². The normalized spacial score (nSPS) is 25.2. The molecule has 33 heteroatoms. The van der Waals surface area contributed by atoms with Gasteiger partial charge < -0.3 is 64.6 Å². The average Bonchev–Trinajstić information content (AvgIpc) is 1.57. The Morgan fingerprint density at radius 2 is 0.972 bits per heavy atom. The van der Waals surface area contributed by atoms with Gasteiger partial charge in [-0.05, 0) is 141 Å². The Morgan fingerprint density at radius 3 is 1.27 bits per heavy atom. The number of primary sulfonamides is 1. The summed E-state index contributed by atoms with van der Waals surface area (Å²) in [6.07, 6.45) is 5.41. The minimum Gasteiger partial charge on any atom is -0.494 e. The third-order valence-corrected chi connectivity index (χ3v) is 24.7. The maximum atomic E-state index is 14.6. The summed E-state index contributed by atoms with van der Waals surface area (Å²) in [5.74, 6) is -5.49. The summed E-state index contributed by atoms with van der Waals surface area (Å²) < 4.78 is 82.4. The molecule has 588 valence electrons. The van der Waals surface area contributed by atoms with Crippen LogP contribution in [0.3, 0.4) is 0 Å². The van der Waals surface area contributed by atoms with E-state index in [1.54, 1.807) is 147 Å². The van der Waals surface area contributed by atoms with Crippen molar-refractivity contribution in [1.29, 1.82) is 0 Å². The van der Waals surface area contributed by atoms with Crippen LogP contribution in [0.5, 0.6) is 23.3 Å². The molecule has 29 nitrogen and oxygen atoms in total. The van der Waals surface area contributed by atoms with Crippen molar-refractivity contribution >= 4 is 112 Å². The number of benzene rings is 2. The minimum atomic E-state index is -4.02. The van der Waals surface area contributed by atoms with Crippen molar-refractivity contribution in [2.24, 2.45) is 39.6 Å². The number of carbonyl (C=O) groups excluding carboxylic acids is 7. The topological polar surface area (TPSA) is 399 Å². The molecule has 0 radical (unpaired) electrons. The molecular weight excluding hydrogens is 1470 g/mol. The van der Waals surface area contributed by atoms with Gasteiger partial charge >= 0.3 is 18.2 Å². The van der Waals surface area contributed by atoms with Crippen LogP contribution in [0.4, 0.5) is 9.59 Å². The van der Waals surface area contributed by atoms with Gasteiger partial charge in [0.2, 0.25) is 55.4 Å². The Balaban J connectivity index is 0.000000246. The van der Waals surface area contributed by atoms with Gasteiger partial charge in [-0.1, -0.05) is 90.7 Å². The van der Waals surface area contributed by atoms with E-state index in [9.17, 15) is 60.3 Å². The summed E-state index contributed by atoms with van der Waals surface area (Å²) in [6, 6.07) is 5.72. The minimum absolute atomic E-state index is 0.0542. The number of methoxy groups -OCH3 is 2. The third-order valence-electron chi connectivity index (χ3n) is 20.3. The summed E-state index contributed by atoms with van der Waals surface area (Å²) >= 11 is 12.7. The van der Waals surface area contributed by atoms with Gasteiger partial charge in [0.25, 0.3) is 5.91 Å². The molecule has 0 bridgehead atoms. The standard InChI is InChI=1S/C37H50ClN5O9S.C33H43ClN4O8.C4H9NO2S/c1-11-21-17-37(21,32(46)42-53(48,49)36(9)14-15-36)41-29(44)27-20(2)26(51-30-24-16-22(38)12-13-23(24)25(50-10)18-39-30)19-43(27)31(45)28(34(3,4)5)40-33(47)52-35(6,7)8;1-10-18-14-33(18,29(41)42)37-26(39)24-17(2)23(45-27-21-13-19(34)11-12-20(21)22(44-9)15-35-27)16-38(24)28(40)25(31(3,4)5)36-30(43)46-32(6,7)8;1-4(2-3-4)8(5,6)7/h11-13,16,18,20-21,26-28H,1,14-15,17,19H2,2-10H3,(H,40,47)(H,41,44)(H,42,46);10-13,15,17-18,23-25H,1,14,16H2,2-9H3,(H,36,43)(H,37,39)(H,41,42);2-3H2,1H3,(H2,5,6,7)/t20-,21-,26+,27+,28-,37-;17-,18-,23+,24+,25-,33-;/m11./s1. The fourth-order valence-electron chi connectivity index (χ4n) is 12.9. The van der Waals surface area contributed by atoms with Crippen molar-refractivity contribution in [2.45, 2.75) is 217 Å². The quantitative estimate of drug-likeness (QED) is 0.0383. The highest BCUT2D eigenvalue weighted by Gasteiger charge is 2.65. The number of rotatable bonds is 21. The number of likely N-dealkylation sites (tertiary alicyclic amines) is 2. The number of hydrogen-bond donors (Lipinski definition) is 7. The fourth-order valence-corrected chi connectivity index (χ4v) is 15.2. The summed E-state index contributed by atoms with van der Waals surface area (Å²) in [5, 5.41) is 29.1. The molecule has 2 saturated heterocycles. The van der Waals surface area contributed by atoms with Crippen LogP contribution in [0.2, 0.25) is 10.0 Å². The largest absolute Gasteiger partial charge is 0.494 e. The second-order valence-electron chi connectivity index (χ2n) is 33.1. The number of ether oxygens (including phenoxy) is 6. The summed E-state index contributed by atoms with van der Waals surface area (Å²) in [6.45, 7) is 34.9. The first-order chi connectivity index (χ1) is 49.2. The summed E-state index contributed by atoms with van der Waals surface area (Å²) in [5.41, 5.74) is -6.42. The first-order valence-electron chi connectivity index (χ1n) is 35.1. The smallest absolute Gasteiger partial charge is 0.408 e. The number of aliphatic carboxylic acids is 1. The Kier molecular flexibility index (Phi) is 24.2. The molecule has 4 heterocycles. The molecule has 2 aliphatic heterocycles. The lowest BCUT2D eigenvalue weighted by molar-refractivity contribution is -0.146. The Labute approximate surface area is 635 Å². The van der Waals surface area contributed by atoms with Gasteiger partial charge in [-0.15, -0.1) is 13.2 Å². The number of carboxylic acid groups (broad SMARTS) is 1. The number of nitrogens with zero attached hydrogens (tertiary/aromatic N) is 4. The highest BCUT2D eigenvalue weighted by Crippen LogP contribution is 2.49. The molecule has 6 aliphatic rings. The Morgan fingerprint density at radius 1 is 0.607 bits per heavy atom. The number of nitrogens with two attached hydrogens (primary N) is 1. The van der Waals surface area contributed by atoms with Crippen molar-refractivity contribution in [3.05, 3.63) is 84.1 Å². The van der Waals surface area contributed by atoms with Crippen LogP contribution in [0.15, 0.2) is 74.1 Å². The average molecular weight is 1570 g/mol. The molecule has 2 aromatic carbocycles. The zero-order chi connectivity index (χ0) is 80.2. The SMILES string of the molecule is C=C[C@@H]1C[C@]1(NC(=O)[C@@H]1[C@H](C)[C@@H](Oc2ncc(OC)c3ccc(Cl)cc23)CN1C(=O)[C@@H](NC(=O)OC(C)(C)C)C(C)(C)C)C(=O)NS(=O)(=O)C1(C)CC1.C=C[C@@H]1C[C@]1(NC(=O)[C@@H]1[C@H](C)[C@@H](Oc2ncc(OC)c3ccc(Cl)cc23)CN1C(=O)[C@@H](NC(=O)OC(C)(C)C)C(C)(C)C)C(=O)O.CC1(S(N)(=O)=O)CC1. The maximum Gasteiger partial charge on any atom is 0.408 e. The zero-order valence-electron chi connectivity index (χ0n) is 63.9. The first-order valence-corrected chi connectivity index (χ1v) is 38.9. The van der Waals surface area contributed by atoms with Crippen LogP contribution in [-0.4, -0.2) is 185 Å². The van der Waals surface area contributed by atoms with E-state index in [0.29, 0.717) is 55.9 Å². The summed E-state index contributed by atoms with van der Waals surface area (Å²) in [4.78, 5) is 121. The molecule has 10 rings (SSSR count). The lowest BCUT2D eigenvalue weighted by Gasteiger charge is -2.36. The third kappa shape index (κ3) is 18.7. The summed E-state index contributed by atoms with van der Waals surface area (Å²) in [7, 11) is -4.21. The van der Waals surface area contributed by atoms with Gasteiger partial charge in [-0.25, -0.2) is 46.3 Å². The molecule has 0 unspecified atom stereocenters. The molecule has 12 atom stereocenters. The number of carboxylic acids is 1. The van der Waals surface area contributed by atoms with E-state index in [1.807, 2.05) is 0 Å². The molecule has 4 saturated carbocycles. The molecule has 2 aromatic heterocycles. The number of aromatic nitrogens is 2. The second kappa shape index (κ2) is 30.7. The first kappa shape index (κ1) is 84.4. The number of carbonyl (C=O) groups is 8. The lowest BCUT2D eigenvalue weighted by atomic mass is 9.85. The predicted molar refractivity (Wildman–Crippen MR) is 401 cm³/mol. The number of fused-ring (bicyclic) bond motifs is 2. The van der Waals surface area contributed by atoms with Gasteiger partial charge in [-0.2, -0.15) is 0 Å². The van der Waals surface area contributed by atoms with E-state index in [0.717, 1.165) is 12.8 Å². The van der Waals surface area contributed by atoms with Crippen LogP contribution in [0.25, 0.3) is 21.5 Å². The van der Waals surface area contributed by atoms with E-state index in [1.165, 1.54) is 48.6 Å². The van der Waals surface area contributed by atoms with E-state index >= 15 is 0 Å². The number of amides is 7. The van der Waals surface area contributed by atoms with E-state index in [-0.39, 0.29) is 37.7 Å². The van der Waals surface area contributed by atoms with Crippen LogP contribution in [0.1, 0.15) is 149 Å². The number of pyridine rings is 2. The monoisotopic (exact) mass is 1570 g/mol. The van der Waals surface area contributed by atoms with Crippen molar-refractivity contribution in [3.8, 4) is 23.3 Å². The van der Waals surface area contributed by atoms with Gasteiger partial charge in [0.1, 0.15) is 70.2 Å². The maximum absolute atomic E-state index is 14.6. The van der Waals surface area contributed by atoms with E-state index < -0.39 is 170 Å². The van der Waals surface area contributed by atoms with Gasteiger partial charge in [0.15, 0.2) is 0 Å². The van der Waals surface area contributed by atoms with Gasteiger partial charge in [0, 0.05) is 55.3 Å². The van der Waals surface area contributed by atoms with Crippen molar-refractivity contribution < 1.29 is 88.7 Å². The molecule has 6 fully saturated rings. The molecule has 0 spiro atoms. The number of halogens is 2. The highest BCUT2D eigenvalue weighted by molar-refractivity contribution is 7.91. The number of sulfonamides is 2. The predicted octanol–water partition coefficient (Wildman–Crippen LogP) is 8.89. The Bertz CT molecular complexity index is 4410.